The molecule has 0 fully saturated rings. The van der Waals surface area contributed by atoms with Crippen LogP contribution in [0.4, 0.5) is 0 Å². The first-order valence-electron chi connectivity index (χ1n) is 8.05. The standard InChI is InChI=1S/C19H24BrN3O2/c1-21-19(23(2)13-14-4-7-16(20)8-5-14)22-11-10-15-6-9-17(25-3)12-18(15)24/h4-9,12,24H,10-11,13H2,1-3H3,(H,21,22). The molecule has 0 spiro atoms. The summed E-state index contributed by atoms with van der Waals surface area (Å²) in [6, 6.07) is 13.6. The van der Waals surface area contributed by atoms with Gasteiger partial charge in [0.15, 0.2) is 5.96 Å². The smallest absolute Gasteiger partial charge is 0.193 e. The number of ether oxygens (including phenoxy) is 1. The Morgan fingerprint density at radius 3 is 2.56 bits per heavy atom. The van der Waals surface area contributed by atoms with Gasteiger partial charge in [0.05, 0.1) is 7.11 Å². The third-order valence-corrected chi connectivity index (χ3v) is 4.40. The fraction of sp³-hybridized carbons (Fsp3) is 0.316. The normalized spacial score (nSPS) is 11.3. The minimum atomic E-state index is 0.249. The fourth-order valence-corrected chi connectivity index (χ4v) is 2.78. The summed E-state index contributed by atoms with van der Waals surface area (Å²) >= 11 is 3.45. The van der Waals surface area contributed by atoms with Crippen LogP contribution in [0.1, 0.15) is 11.1 Å². The fourth-order valence-electron chi connectivity index (χ4n) is 2.51. The number of methoxy groups -OCH3 is 1. The largest absolute Gasteiger partial charge is 0.508 e. The van der Waals surface area contributed by atoms with Crippen LogP contribution in [-0.2, 0) is 13.0 Å². The van der Waals surface area contributed by atoms with Crippen LogP contribution in [-0.4, -0.2) is 43.7 Å². The van der Waals surface area contributed by atoms with Crippen molar-refractivity contribution in [2.75, 3.05) is 27.7 Å². The highest BCUT2D eigenvalue weighted by molar-refractivity contribution is 9.10. The molecule has 5 nitrogen and oxygen atoms in total. The van der Waals surface area contributed by atoms with Crippen molar-refractivity contribution in [3.05, 3.63) is 58.1 Å². The summed E-state index contributed by atoms with van der Waals surface area (Å²) < 4.78 is 6.17. The van der Waals surface area contributed by atoms with E-state index in [9.17, 15) is 5.11 Å². The van der Waals surface area contributed by atoms with Gasteiger partial charge in [-0.25, -0.2) is 0 Å². The van der Waals surface area contributed by atoms with Gasteiger partial charge in [0, 0.05) is 37.7 Å². The molecule has 0 aliphatic carbocycles. The van der Waals surface area contributed by atoms with Crippen molar-refractivity contribution in [1.82, 2.24) is 10.2 Å². The Hall–Kier alpha value is -2.21. The second-order valence-electron chi connectivity index (χ2n) is 5.70. The highest BCUT2D eigenvalue weighted by Crippen LogP contribution is 2.23. The number of benzene rings is 2. The lowest BCUT2D eigenvalue weighted by molar-refractivity contribution is 0.406. The Morgan fingerprint density at radius 1 is 1.24 bits per heavy atom. The predicted molar refractivity (Wildman–Crippen MR) is 105 cm³/mol. The van der Waals surface area contributed by atoms with Gasteiger partial charge in [-0.05, 0) is 35.7 Å². The average molecular weight is 406 g/mol. The van der Waals surface area contributed by atoms with Gasteiger partial charge in [-0.2, -0.15) is 0 Å². The Morgan fingerprint density at radius 2 is 1.96 bits per heavy atom. The van der Waals surface area contributed by atoms with E-state index >= 15 is 0 Å². The number of aromatic hydroxyl groups is 1. The molecular weight excluding hydrogens is 382 g/mol. The summed E-state index contributed by atoms with van der Waals surface area (Å²) in [5, 5.41) is 13.3. The first kappa shape index (κ1) is 19.1. The van der Waals surface area contributed by atoms with E-state index in [-0.39, 0.29) is 5.75 Å². The number of rotatable bonds is 6. The van der Waals surface area contributed by atoms with Crippen LogP contribution in [0, 0.1) is 0 Å². The minimum absolute atomic E-state index is 0.249. The number of halogens is 1. The molecule has 0 unspecified atom stereocenters. The molecule has 6 heteroatoms. The molecule has 25 heavy (non-hydrogen) atoms. The Bertz CT molecular complexity index is 717. The van der Waals surface area contributed by atoms with Crippen molar-refractivity contribution >= 4 is 21.9 Å². The summed E-state index contributed by atoms with van der Waals surface area (Å²) in [7, 11) is 5.36. The molecule has 0 aromatic heterocycles. The number of phenolic OH excluding ortho intramolecular Hbond substituents is 1. The van der Waals surface area contributed by atoms with Gasteiger partial charge in [0.1, 0.15) is 11.5 Å². The maximum absolute atomic E-state index is 10.0. The van der Waals surface area contributed by atoms with Gasteiger partial charge in [-0.15, -0.1) is 0 Å². The molecule has 2 aromatic carbocycles. The molecule has 134 valence electrons. The van der Waals surface area contributed by atoms with Crippen LogP contribution in [0.5, 0.6) is 11.5 Å². The topological polar surface area (TPSA) is 57.1 Å². The van der Waals surface area contributed by atoms with Crippen molar-refractivity contribution in [2.24, 2.45) is 4.99 Å². The van der Waals surface area contributed by atoms with Crippen LogP contribution in [0.3, 0.4) is 0 Å². The molecule has 0 heterocycles. The van der Waals surface area contributed by atoms with Crippen LogP contribution in [0.2, 0.25) is 0 Å². The quantitative estimate of drug-likeness (QED) is 0.570. The van der Waals surface area contributed by atoms with Crippen LogP contribution >= 0.6 is 15.9 Å². The first-order valence-corrected chi connectivity index (χ1v) is 8.85. The van der Waals surface area contributed by atoms with E-state index in [0.717, 1.165) is 22.5 Å². The number of nitrogens with one attached hydrogen (secondary N) is 1. The summed E-state index contributed by atoms with van der Waals surface area (Å²) in [4.78, 5) is 6.39. The number of aliphatic imine (C=N–C) groups is 1. The molecule has 0 atom stereocenters. The molecule has 0 saturated carbocycles. The molecular formula is C19H24BrN3O2. The van der Waals surface area contributed by atoms with Crippen molar-refractivity contribution in [1.29, 1.82) is 0 Å². The van der Waals surface area contributed by atoms with Crippen molar-refractivity contribution in [2.45, 2.75) is 13.0 Å². The summed E-state index contributed by atoms with van der Waals surface area (Å²) in [6.45, 7) is 1.44. The monoisotopic (exact) mass is 405 g/mol. The van der Waals surface area contributed by atoms with Gasteiger partial charge in [-0.3, -0.25) is 4.99 Å². The van der Waals surface area contributed by atoms with E-state index in [1.807, 2.05) is 31.3 Å². The Balaban J connectivity index is 1.88. The van der Waals surface area contributed by atoms with E-state index in [1.165, 1.54) is 5.56 Å². The van der Waals surface area contributed by atoms with Crippen molar-refractivity contribution in [3.63, 3.8) is 0 Å². The van der Waals surface area contributed by atoms with Gasteiger partial charge < -0.3 is 20.1 Å². The van der Waals surface area contributed by atoms with Gasteiger partial charge >= 0.3 is 0 Å². The summed E-state index contributed by atoms with van der Waals surface area (Å²) in [6.07, 6.45) is 0.695. The second kappa shape index (κ2) is 9.32. The lowest BCUT2D eigenvalue weighted by Crippen LogP contribution is -2.39. The molecule has 0 amide bonds. The number of hydrogen-bond donors (Lipinski definition) is 2. The van der Waals surface area contributed by atoms with Gasteiger partial charge in [0.25, 0.3) is 0 Å². The molecule has 0 saturated heterocycles. The summed E-state index contributed by atoms with van der Waals surface area (Å²) in [5.74, 6) is 1.72. The predicted octanol–water partition coefficient (Wildman–Crippen LogP) is 3.41. The zero-order valence-electron chi connectivity index (χ0n) is 14.8. The van der Waals surface area contributed by atoms with Crippen LogP contribution in [0.15, 0.2) is 51.9 Å². The van der Waals surface area contributed by atoms with Crippen LogP contribution < -0.4 is 10.1 Å². The maximum atomic E-state index is 10.0. The lowest BCUT2D eigenvalue weighted by Gasteiger charge is -2.22. The second-order valence-corrected chi connectivity index (χ2v) is 6.62. The molecule has 0 bridgehead atoms. The molecule has 2 aromatic rings. The van der Waals surface area contributed by atoms with Crippen molar-refractivity contribution in [3.8, 4) is 11.5 Å². The van der Waals surface area contributed by atoms with E-state index in [1.54, 1.807) is 20.2 Å². The van der Waals surface area contributed by atoms with E-state index in [2.05, 4.69) is 43.3 Å². The summed E-state index contributed by atoms with van der Waals surface area (Å²) in [5.41, 5.74) is 2.08. The van der Waals surface area contributed by atoms with Gasteiger partial charge in [0.2, 0.25) is 0 Å². The van der Waals surface area contributed by atoms with Gasteiger partial charge in [-0.1, -0.05) is 34.1 Å². The SMILES string of the molecule is CN=C(NCCc1ccc(OC)cc1O)N(C)Cc1ccc(Br)cc1. The zero-order chi connectivity index (χ0) is 18.2. The van der Waals surface area contributed by atoms with Crippen molar-refractivity contribution < 1.29 is 9.84 Å². The number of guanidine groups is 1. The minimum Gasteiger partial charge on any atom is -0.508 e. The van der Waals surface area contributed by atoms with E-state index in [4.69, 9.17) is 4.74 Å². The first-order chi connectivity index (χ1) is 12.0. The Kier molecular flexibility index (Phi) is 7.13. The third kappa shape index (κ3) is 5.67. The average Bonchev–Trinajstić information content (AvgIpc) is 2.61. The Labute approximate surface area is 157 Å². The number of nitrogens with zero attached hydrogens (tertiary/aromatic N) is 2. The highest BCUT2D eigenvalue weighted by Gasteiger charge is 2.08. The molecule has 0 aliphatic heterocycles. The molecule has 0 radical (unpaired) electrons. The zero-order valence-corrected chi connectivity index (χ0v) is 16.4. The van der Waals surface area contributed by atoms with E-state index in [0.29, 0.717) is 18.7 Å². The lowest BCUT2D eigenvalue weighted by atomic mass is 10.1. The highest BCUT2D eigenvalue weighted by atomic mass is 79.9. The number of phenols is 1. The molecule has 0 aliphatic rings. The maximum Gasteiger partial charge on any atom is 0.193 e. The molecule has 2 rings (SSSR count). The molecule has 2 N–H and O–H groups in total. The third-order valence-electron chi connectivity index (χ3n) is 3.88. The van der Waals surface area contributed by atoms with Crippen LogP contribution in [0.25, 0.3) is 0 Å². The number of hydrogen-bond acceptors (Lipinski definition) is 3. The van der Waals surface area contributed by atoms with E-state index < -0.39 is 0 Å².